The van der Waals surface area contributed by atoms with Gasteiger partial charge < -0.3 is 15.2 Å². The zero-order valence-electron chi connectivity index (χ0n) is 18.7. The Labute approximate surface area is 192 Å². The van der Waals surface area contributed by atoms with E-state index in [4.69, 9.17) is 4.74 Å². The number of ether oxygens (including phenoxy) is 1. The highest BCUT2D eigenvalue weighted by Gasteiger charge is 2.17. The van der Waals surface area contributed by atoms with Crippen LogP contribution in [0.15, 0.2) is 59.6 Å². The second kappa shape index (κ2) is 9.58. The van der Waals surface area contributed by atoms with Gasteiger partial charge in [-0.1, -0.05) is 18.2 Å². The molecule has 0 aliphatic carbocycles. The van der Waals surface area contributed by atoms with Gasteiger partial charge in [-0.05, 0) is 68.7 Å². The molecule has 3 aromatic rings. The van der Waals surface area contributed by atoms with Gasteiger partial charge in [0.05, 0.1) is 21.7 Å². The van der Waals surface area contributed by atoms with Crippen molar-refractivity contribution in [2.24, 2.45) is 0 Å². The number of sulfone groups is 1. The topological polar surface area (TPSA) is 123 Å². The smallest absolute Gasteiger partial charge is 0.407 e. The first-order valence-electron chi connectivity index (χ1n) is 10.4. The third-order valence-electron chi connectivity index (χ3n) is 4.78. The first kappa shape index (κ1) is 24.2. The zero-order chi connectivity index (χ0) is 24.2. The van der Waals surface area contributed by atoms with Crippen LogP contribution in [0.2, 0.25) is 0 Å². The van der Waals surface area contributed by atoms with E-state index >= 15 is 0 Å². The largest absolute Gasteiger partial charge is 0.478 e. The van der Waals surface area contributed by atoms with E-state index in [1.54, 1.807) is 45.0 Å². The highest BCUT2D eigenvalue weighted by atomic mass is 32.2. The fourth-order valence-corrected chi connectivity index (χ4v) is 4.56. The number of alkyl carbamates (subject to hydrolysis) is 1. The summed E-state index contributed by atoms with van der Waals surface area (Å²) in [6.45, 7) is 5.44. The Morgan fingerprint density at radius 2 is 1.70 bits per heavy atom. The van der Waals surface area contributed by atoms with Gasteiger partial charge in [-0.3, -0.25) is 4.98 Å². The molecule has 3 rings (SSSR count). The quantitative estimate of drug-likeness (QED) is 0.494. The Kier molecular flexibility index (Phi) is 7.02. The molecular formula is C24H26N2O6S. The van der Waals surface area contributed by atoms with Crippen LogP contribution < -0.4 is 5.32 Å². The van der Waals surface area contributed by atoms with E-state index < -0.39 is 27.5 Å². The van der Waals surface area contributed by atoms with E-state index in [0.29, 0.717) is 10.9 Å². The van der Waals surface area contributed by atoms with Crippen LogP contribution in [0.3, 0.4) is 0 Å². The number of carbonyl (C=O) groups is 2. The van der Waals surface area contributed by atoms with Crippen molar-refractivity contribution in [3.8, 4) is 11.1 Å². The van der Waals surface area contributed by atoms with E-state index in [1.165, 1.54) is 24.4 Å². The van der Waals surface area contributed by atoms with Crippen LogP contribution in [0.1, 0.15) is 37.6 Å². The summed E-state index contributed by atoms with van der Waals surface area (Å²) in [7, 11) is -3.52. The lowest BCUT2D eigenvalue weighted by Gasteiger charge is -2.19. The zero-order valence-corrected chi connectivity index (χ0v) is 19.5. The number of carboxylic acid groups (broad SMARTS) is 1. The summed E-state index contributed by atoms with van der Waals surface area (Å²) in [5, 5.41) is 12.5. The number of hydrogen-bond acceptors (Lipinski definition) is 6. The number of nitrogens with one attached hydrogen (secondary N) is 1. The second-order valence-electron chi connectivity index (χ2n) is 8.52. The fourth-order valence-electron chi connectivity index (χ4n) is 3.25. The van der Waals surface area contributed by atoms with Crippen molar-refractivity contribution in [2.75, 3.05) is 12.3 Å². The molecule has 0 fully saturated rings. The summed E-state index contributed by atoms with van der Waals surface area (Å²) >= 11 is 0. The molecule has 1 heterocycles. The lowest BCUT2D eigenvalue weighted by Crippen LogP contribution is -2.33. The van der Waals surface area contributed by atoms with Crippen molar-refractivity contribution in [2.45, 2.75) is 37.7 Å². The van der Waals surface area contributed by atoms with Crippen molar-refractivity contribution in [3.05, 3.63) is 60.3 Å². The van der Waals surface area contributed by atoms with Crippen molar-refractivity contribution < 1.29 is 27.9 Å². The van der Waals surface area contributed by atoms with Crippen molar-refractivity contribution in [1.29, 1.82) is 0 Å². The molecule has 8 nitrogen and oxygen atoms in total. The summed E-state index contributed by atoms with van der Waals surface area (Å²) in [5.41, 5.74) is 1.61. The number of fused-ring (bicyclic) bond motifs is 1. The number of aromatic nitrogens is 1. The molecule has 174 valence electrons. The lowest BCUT2D eigenvalue weighted by molar-refractivity contribution is 0.0527. The molecule has 2 aromatic carbocycles. The van der Waals surface area contributed by atoms with Crippen molar-refractivity contribution in [1.82, 2.24) is 10.3 Å². The number of benzene rings is 2. The van der Waals surface area contributed by atoms with Gasteiger partial charge in [0.1, 0.15) is 5.60 Å². The Balaban J connectivity index is 1.69. The Bertz CT molecular complexity index is 1280. The molecule has 9 heteroatoms. The third kappa shape index (κ3) is 6.29. The number of pyridine rings is 1. The number of nitrogens with zero attached hydrogens (tertiary/aromatic N) is 1. The molecule has 1 aromatic heterocycles. The average molecular weight is 471 g/mol. The number of carboxylic acids is 1. The van der Waals surface area contributed by atoms with Gasteiger partial charge in [-0.25, -0.2) is 18.0 Å². The van der Waals surface area contributed by atoms with Gasteiger partial charge in [-0.2, -0.15) is 0 Å². The maximum Gasteiger partial charge on any atom is 0.407 e. The van der Waals surface area contributed by atoms with Gasteiger partial charge in [0.2, 0.25) is 0 Å². The van der Waals surface area contributed by atoms with Crippen LogP contribution in [0.5, 0.6) is 0 Å². The highest BCUT2D eigenvalue weighted by Crippen LogP contribution is 2.27. The fraction of sp³-hybridized carbons (Fsp3) is 0.292. The number of hydrogen-bond donors (Lipinski definition) is 2. The first-order chi connectivity index (χ1) is 15.5. The maximum absolute atomic E-state index is 12.6. The van der Waals surface area contributed by atoms with Gasteiger partial charge >= 0.3 is 12.1 Å². The number of aromatic carboxylic acids is 1. The summed E-state index contributed by atoms with van der Waals surface area (Å²) in [5.74, 6) is -1.16. The summed E-state index contributed by atoms with van der Waals surface area (Å²) in [6.07, 6.45) is 1.12. The molecular weight excluding hydrogens is 444 g/mol. The Hall–Kier alpha value is -3.46. The van der Waals surface area contributed by atoms with Gasteiger partial charge in [0, 0.05) is 18.1 Å². The van der Waals surface area contributed by atoms with Gasteiger partial charge in [0.15, 0.2) is 9.84 Å². The molecule has 0 aliphatic rings. The van der Waals surface area contributed by atoms with E-state index in [0.717, 1.165) is 11.1 Å². The van der Waals surface area contributed by atoms with E-state index in [9.17, 15) is 23.1 Å². The third-order valence-corrected chi connectivity index (χ3v) is 6.59. The summed E-state index contributed by atoms with van der Waals surface area (Å²) < 4.78 is 30.4. The molecule has 2 N–H and O–H groups in total. The van der Waals surface area contributed by atoms with Gasteiger partial charge in [0.25, 0.3) is 0 Å². The Morgan fingerprint density at radius 3 is 2.33 bits per heavy atom. The summed E-state index contributed by atoms with van der Waals surface area (Å²) in [4.78, 5) is 27.5. The lowest BCUT2D eigenvalue weighted by atomic mass is 10.0. The predicted molar refractivity (Wildman–Crippen MR) is 125 cm³/mol. The highest BCUT2D eigenvalue weighted by molar-refractivity contribution is 7.91. The van der Waals surface area contributed by atoms with Crippen LogP contribution in [0.25, 0.3) is 22.0 Å². The van der Waals surface area contributed by atoms with E-state index in [-0.39, 0.29) is 29.2 Å². The van der Waals surface area contributed by atoms with Crippen LogP contribution in [0, 0.1) is 0 Å². The normalized spacial score (nSPS) is 11.8. The van der Waals surface area contributed by atoms with Crippen LogP contribution in [-0.4, -0.2) is 48.5 Å². The number of carbonyl (C=O) groups excluding carboxylic acids is 1. The predicted octanol–water partition coefficient (Wildman–Crippen LogP) is 4.29. The van der Waals surface area contributed by atoms with Crippen molar-refractivity contribution in [3.63, 3.8) is 0 Å². The maximum atomic E-state index is 12.6. The van der Waals surface area contributed by atoms with Crippen LogP contribution >= 0.6 is 0 Å². The molecule has 0 unspecified atom stereocenters. The van der Waals surface area contributed by atoms with E-state index in [1.807, 2.05) is 6.07 Å². The number of rotatable bonds is 7. The van der Waals surface area contributed by atoms with Crippen LogP contribution in [0.4, 0.5) is 4.79 Å². The molecule has 0 saturated carbocycles. The molecule has 0 aliphatic heterocycles. The molecule has 0 atom stereocenters. The Morgan fingerprint density at radius 1 is 1.03 bits per heavy atom. The molecule has 0 spiro atoms. The minimum absolute atomic E-state index is 0.119. The molecule has 0 bridgehead atoms. The number of amides is 1. The molecule has 33 heavy (non-hydrogen) atoms. The average Bonchev–Trinajstić information content (AvgIpc) is 2.75. The van der Waals surface area contributed by atoms with Crippen LogP contribution in [-0.2, 0) is 14.6 Å². The second-order valence-corrected chi connectivity index (χ2v) is 10.6. The molecule has 1 amide bonds. The summed E-state index contributed by atoms with van der Waals surface area (Å²) in [6, 6.07) is 13.1. The standard InChI is InChI=1S/C24H26N2O6S/c1-24(2,3)32-23(29)26-12-4-14-33(30,31)18-8-5-16(6-9-18)17-7-10-21-20(15-17)19(22(27)28)11-13-25-21/h5-11,13,15H,4,12,14H2,1-3H3,(H,26,29)(H,27,28). The first-order valence-corrected chi connectivity index (χ1v) is 12.0. The SMILES string of the molecule is CC(C)(C)OC(=O)NCCCS(=O)(=O)c1ccc(-c2ccc3nccc(C(=O)O)c3c2)cc1. The van der Waals surface area contributed by atoms with E-state index in [2.05, 4.69) is 10.3 Å². The monoisotopic (exact) mass is 470 g/mol. The minimum Gasteiger partial charge on any atom is -0.478 e. The van der Waals surface area contributed by atoms with Crippen molar-refractivity contribution >= 4 is 32.8 Å². The van der Waals surface area contributed by atoms with Gasteiger partial charge in [-0.15, -0.1) is 0 Å². The minimum atomic E-state index is -3.52. The molecule has 0 radical (unpaired) electrons. The molecule has 0 saturated heterocycles.